The first-order valence-corrected chi connectivity index (χ1v) is 7.54. The summed E-state index contributed by atoms with van der Waals surface area (Å²) < 4.78 is 79.8. The second-order valence-electron chi connectivity index (χ2n) is 5.19. The fourth-order valence-corrected chi connectivity index (χ4v) is 2.48. The molecule has 1 atom stereocenters. The summed E-state index contributed by atoms with van der Waals surface area (Å²) in [6, 6.07) is 5.64. The quantitative estimate of drug-likeness (QED) is 0.399. The first-order chi connectivity index (χ1) is 11.1. The van der Waals surface area contributed by atoms with Gasteiger partial charge in [-0.2, -0.15) is 13.2 Å². The zero-order valence-corrected chi connectivity index (χ0v) is 13.9. The van der Waals surface area contributed by atoms with Crippen molar-refractivity contribution in [1.82, 2.24) is 0 Å². The predicted octanol–water partition coefficient (Wildman–Crippen LogP) is 6.53. The van der Waals surface area contributed by atoms with E-state index in [9.17, 15) is 26.3 Å². The summed E-state index contributed by atoms with van der Waals surface area (Å²) in [6.07, 6.45) is -2.81. The second-order valence-corrected chi connectivity index (χ2v) is 6.04. The lowest BCUT2D eigenvalue weighted by molar-refractivity contribution is -0.139. The van der Waals surface area contributed by atoms with Crippen LogP contribution in [0, 0.1) is 24.4 Å². The zero-order chi connectivity index (χ0) is 18.1. The van der Waals surface area contributed by atoms with Gasteiger partial charge in [0.15, 0.2) is 17.5 Å². The summed E-state index contributed by atoms with van der Waals surface area (Å²) >= 11 is 3.27. The molecule has 128 valence electrons. The molecule has 2 aromatic carbocycles. The average molecular weight is 409 g/mol. The maximum absolute atomic E-state index is 13.2. The van der Waals surface area contributed by atoms with Gasteiger partial charge in [0.1, 0.15) is 0 Å². The molecule has 2 aromatic rings. The Morgan fingerprint density at radius 3 is 2.08 bits per heavy atom. The topological polar surface area (TPSA) is 0 Å². The highest BCUT2D eigenvalue weighted by Gasteiger charge is 2.39. The van der Waals surface area contributed by atoms with Crippen LogP contribution in [0.25, 0.3) is 6.08 Å². The van der Waals surface area contributed by atoms with Gasteiger partial charge in [-0.1, -0.05) is 40.2 Å². The number of hydrogen-bond donors (Lipinski definition) is 0. The lowest BCUT2D eigenvalue weighted by atomic mass is 9.96. The van der Waals surface area contributed by atoms with Crippen molar-refractivity contribution >= 4 is 22.0 Å². The Morgan fingerprint density at radius 1 is 1.00 bits per heavy atom. The van der Waals surface area contributed by atoms with Gasteiger partial charge in [-0.15, -0.1) is 0 Å². The van der Waals surface area contributed by atoms with Gasteiger partial charge in [0.2, 0.25) is 0 Å². The third-order valence-corrected chi connectivity index (χ3v) is 4.25. The van der Waals surface area contributed by atoms with Gasteiger partial charge in [-0.05, 0) is 41.8 Å². The maximum atomic E-state index is 13.2. The highest BCUT2D eigenvalue weighted by Crippen LogP contribution is 2.37. The van der Waals surface area contributed by atoms with E-state index < -0.39 is 35.1 Å². The van der Waals surface area contributed by atoms with E-state index in [1.807, 2.05) is 6.92 Å². The van der Waals surface area contributed by atoms with Crippen molar-refractivity contribution in [2.45, 2.75) is 19.0 Å². The largest absolute Gasteiger partial charge is 0.399 e. The molecule has 0 saturated heterocycles. The first-order valence-electron chi connectivity index (χ1n) is 6.75. The number of allylic oxidation sites excluding steroid dienone is 1. The molecule has 0 heterocycles. The molecule has 0 N–H and O–H groups in total. The van der Waals surface area contributed by atoms with Crippen molar-refractivity contribution in [2.75, 3.05) is 0 Å². The van der Waals surface area contributed by atoms with E-state index in [2.05, 4.69) is 15.9 Å². The fourth-order valence-electron chi connectivity index (χ4n) is 2.08. The van der Waals surface area contributed by atoms with Gasteiger partial charge in [0.25, 0.3) is 0 Å². The molecular formula is C17H11BrF6. The summed E-state index contributed by atoms with van der Waals surface area (Å²) in [7, 11) is 0. The van der Waals surface area contributed by atoms with Crippen LogP contribution < -0.4 is 0 Å². The van der Waals surface area contributed by atoms with Crippen molar-refractivity contribution in [2.24, 2.45) is 0 Å². The molecule has 0 saturated carbocycles. The number of benzene rings is 2. The van der Waals surface area contributed by atoms with Crippen LogP contribution in [-0.4, -0.2) is 6.18 Å². The SMILES string of the molecule is Cc1ccc(/C=C/C(c2cc(F)c(F)c(F)c2)C(F)(F)F)cc1Br. The Kier molecular flexibility index (Phi) is 5.42. The van der Waals surface area contributed by atoms with Crippen LogP contribution in [0.4, 0.5) is 26.3 Å². The summed E-state index contributed by atoms with van der Waals surface area (Å²) in [4.78, 5) is 0. The minimum absolute atomic E-state index is 0.353. The third-order valence-electron chi connectivity index (χ3n) is 3.39. The van der Waals surface area contributed by atoms with Gasteiger partial charge in [0, 0.05) is 4.47 Å². The molecule has 2 rings (SSSR count). The molecule has 0 aromatic heterocycles. The summed E-state index contributed by atoms with van der Waals surface area (Å²) in [5.74, 6) is -7.38. The van der Waals surface area contributed by atoms with Crippen LogP contribution in [0.15, 0.2) is 40.9 Å². The Morgan fingerprint density at radius 2 is 1.58 bits per heavy atom. The second kappa shape index (κ2) is 7.01. The molecule has 0 spiro atoms. The van der Waals surface area contributed by atoms with E-state index >= 15 is 0 Å². The lowest BCUT2D eigenvalue weighted by Crippen LogP contribution is -2.19. The van der Waals surface area contributed by atoms with E-state index in [4.69, 9.17) is 0 Å². The molecule has 0 nitrogen and oxygen atoms in total. The first kappa shape index (κ1) is 18.6. The minimum atomic E-state index is -4.78. The van der Waals surface area contributed by atoms with Crippen LogP contribution in [0.3, 0.4) is 0 Å². The van der Waals surface area contributed by atoms with Crippen molar-refractivity contribution in [1.29, 1.82) is 0 Å². The van der Waals surface area contributed by atoms with Crippen LogP contribution >= 0.6 is 15.9 Å². The molecular weight excluding hydrogens is 398 g/mol. The van der Waals surface area contributed by atoms with Gasteiger partial charge in [-0.25, -0.2) is 13.2 Å². The van der Waals surface area contributed by atoms with Crippen LogP contribution in [-0.2, 0) is 0 Å². The van der Waals surface area contributed by atoms with Crippen molar-refractivity contribution in [3.63, 3.8) is 0 Å². The highest BCUT2D eigenvalue weighted by molar-refractivity contribution is 9.10. The molecule has 1 unspecified atom stereocenters. The zero-order valence-electron chi connectivity index (χ0n) is 12.3. The Bertz CT molecular complexity index is 756. The van der Waals surface area contributed by atoms with Crippen LogP contribution in [0.2, 0.25) is 0 Å². The number of hydrogen-bond acceptors (Lipinski definition) is 0. The molecule has 0 bridgehead atoms. The normalized spacial score (nSPS) is 13.5. The monoisotopic (exact) mass is 408 g/mol. The van der Waals surface area contributed by atoms with Crippen LogP contribution in [0.1, 0.15) is 22.6 Å². The lowest BCUT2D eigenvalue weighted by Gasteiger charge is -2.17. The van der Waals surface area contributed by atoms with Crippen LogP contribution in [0.5, 0.6) is 0 Å². The third kappa shape index (κ3) is 4.20. The van der Waals surface area contributed by atoms with E-state index in [-0.39, 0.29) is 0 Å². The Balaban J connectivity index is 2.43. The average Bonchev–Trinajstić information content (AvgIpc) is 2.47. The predicted molar refractivity (Wildman–Crippen MR) is 83.0 cm³/mol. The fraction of sp³-hybridized carbons (Fsp3) is 0.176. The van der Waals surface area contributed by atoms with Gasteiger partial charge in [-0.3, -0.25) is 0 Å². The molecule has 24 heavy (non-hydrogen) atoms. The molecule has 0 aliphatic carbocycles. The molecule has 0 amide bonds. The number of halogens is 7. The number of aryl methyl sites for hydroxylation is 1. The Labute approximate surface area is 142 Å². The molecule has 7 heteroatoms. The van der Waals surface area contributed by atoms with Gasteiger partial charge < -0.3 is 0 Å². The molecule has 0 radical (unpaired) electrons. The highest BCUT2D eigenvalue weighted by atomic mass is 79.9. The van der Waals surface area contributed by atoms with E-state index in [0.717, 1.165) is 11.6 Å². The standard InChI is InChI=1S/C17H11BrF6/c1-9-2-3-10(6-13(9)18)4-5-12(17(22,23)24)11-7-14(19)16(21)15(20)8-11/h2-8,12H,1H3/b5-4+. The number of alkyl halides is 3. The summed E-state index contributed by atoms with van der Waals surface area (Å²) in [6.45, 7) is 1.82. The number of rotatable bonds is 3. The summed E-state index contributed by atoms with van der Waals surface area (Å²) in [5, 5.41) is 0. The van der Waals surface area contributed by atoms with Gasteiger partial charge >= 0.3 is 6.18 Å². The minimum Gasteiger partial charge on any atom is -0.204 e. The molecule has 0 aliphatic rings. The van der Waals surface area contributed by atoms with Gasteiger partial charge in [0.05, 0.1) is 5.92 Å². The van der Waals surface area contributed by atoms with E-state index in [1.54, 1.807) is 18.2 Å². The van der Waals surface area contributed by atoms with Crippen molar-refractivity contribution in [3.05, 3.63) is 75.0 Å². The van der Waals surface area contributed by atoms with E-state index in [1.165, 1.54) is 6.08 Å². The summed E-state index contributed by atoms with van der Waals surface area (Å²) in [5.41, 5.74) is 0.674. The Hall–Kier alpha value is -1.76. The van der Waals surface area contributed by atoms with E-state index in [0.29, 0.717) is 22.2 Å². The van der Waals surface area contributed by atoms with Crippen molar-refractivity contribution < 1.29 is 26.3 Å². The van der Waals surface area contributed by atoms with Crippen molar-refractivity contribution in [3.8, 4) is 0 Å². The maximum Gasteiger partial charge on any atom is 0.399 e. The molecule has 0 fully saturated rings. The smallest absolute Gasteiger partial charge is 0.204 e. The molecule has 0 aliphatic heterocycles.